The molecule has 0 aliphatic carbocycles. The molecule has 0 unspecified atom stereocenters. The van der Waals surface area contributed by atoms with Crippen molar-refractivity contribution in [3.63, 3.8) is 0 Å². The van der Waals surface area contributed by atoms with E-state index in [9.17, 15) is 18.4 Å². The maximum atomic E-state index is 12.3. The van der Waals surface area contributed by atoms with E-state index >= 15 is 0 Å². The summed E-state index contributed by atoms with van der Waals surface area (Å²) < 4.78 is 34.0. The molecule has 0 saturated heterocycles. The molecule has 0 aromatic heterocycles. The van der Waals surface area contributed by atoms with E-state index in [-0.39, 0.29) is 25.4 Å². The smallest absolute Gasteiger partial charge is 0.387 e. The Morgan fingerprint density at radius 1 is 1.27 bits per heavy atom. The molecular weight excluding hydrogens is 300 g/mol. The summed E-state index contributed by atoms with van der Waals surface area (Å²) in [6, 6.07) is 4.25. The molecule has 122 valence electrons. The number of rotatable bonds is 8. The van der Waals surface area contributed by atoms with Crippen molar-refractivity contribution in [3.8, 4) is 11.5 Å². The lowest BCUT2D eigenvalue weighted by atomic mass is 10.2. The Bertz CT molecular complexity index is 526. The first-order chi connectivity index (χ1) is 10.5. The molecule has 0 fully saturated rings. The van der Waals surface area contributed by atoms with Crippen molar-refractivity contribution >= 4 is 11.8 Å². The lowest BCUT2D eigenvalue weighted by Crippen LogP contribution is -2.39. The van der Waals surface area contributed by atoms with E-state index in [0.29, 0.717) is 11.3 Å². The fraction of sp³-hybridized carbons (Fsp3) is 0.385. The Kier molecular flexibility index (Phi) is 7.03. The Morgan fingerprint density at radius 3 is 2.59 bits per heavy atom. The molecule has 2 amide bonds. The average molecular weight is 317 g/mol. The van der Waals surface area contributed by atoms with Crippen molar-refractivity contribution in [2.45, 2.75) is 13.2 Å². The van der Waals surface area contributed by atoms with Crippen molar-refractivity contribution in [3.05, 3.63) is 23.8 Å². The predicted octanol–water partition coefficient (Wildman–Crippen LogP) is -0.0123. The molecule has 1 aromatic rings. The monoisotopic (exact) mass is 317 g/mol. The molecule has 0 saturated carbocycles. The van der Waals surface area contributed by atoms with Crippen molar-refractivity contribution < 1.29 is 27.8 Å². The topological polar surface area (TPSA) is 103 Å². The molecule has 0 aliphatic heterocycles. The molecule has 0 bridgehead atoms. The van der Waals surface area contributed by atoms with Gasteiger partial charge in [0.15, 0.2) is 0 Å². The molecule has 22 heavy (non-hydrogen) atoms. The zero-order valence-electron chi connectivity index (χ0n) is 11.9. The van der Waals surface area contributed by atoms with Crippen LogP contribution in [0.1, 0.15) is 5.56 Å². The number of amides is 2. The quantitative estimate of drug-likeness (QED) is 0.626. The zero-order valence-corrected chi connectivity index (χ0v) is 11.9. The number of alkyl halides is 2. The van der Waals surface area contributed by atoms with E-state index in [1.807, 2.05) is 0 Å². The van der Waals surface area contributed by atoms with Gasteiger partial charge < -0.3 is 25.8 Å². The molecule has 4 N–H and O–H groups in total. The van der Waals surface area contributed by atoms with Crippen LogP contribution in [0, 0.1) is 0 Å². The number of methoxy groups -OCH3 is 1. The van der Waals surface area contributed by atoms with Gasteiger partial charge in [0.2, 0.25) is 11.8 Å². The van der Waals surface area contributed by atoms with E-state index in [1.165, 1.54) is 25.3 Å². The van der Waals surface area contributed by atoms with Gasteiger partial charge >= 0.3 is 6.61 Å². The van der Waals surface area contributed by atoms with Crippen LogP contribution >= 0.6 is 0 Å². The molecule has 1 aromatic carbocycles. The van der Waals surface area contributed by atoms with Crippen LogP contribution in [0.15, 0.2) is 18.2 Å². The second-order valence-electron chi connectivity index (χ2n) is 4.11. The van der Waals surface area contributed by atoms with Crippen LogP contribution in [0.25, 0.3) is 0 Å². The number of ether oxygens (including phenoxy) is 2. The van der Waals surface area contributed by atoms with E-state index in [2.05, 4.69) is 15.4 Å². The fourth-order valence-electron chi connectivity index (χ4n) is 1.54. The minimum atomic E-state index is -2.98. The highest BCUT2D eigenvalue weighted by molar-refractivity contribution is 5.85. The van der Waals surface area contributed by atoms with E-state index < -0.39 is 18.4 Å². The summed E-state index contributed by atoms with van der Waals surface area (Å²) in [5.41, 5.74) is 5.39. The number of benzene rings is 1. The predicted molar refractivity (Wildman–Crippen MR) is 73.5 cm³/mol. The van der Waals surface area contributed by atoms with Crippen LogP contribution in [0.2, 0.25) is 0 Å². The van der Waals surface area contributed by atoms with E-state index in [4.69, 9.17) is 10.5 Å². The number of hydrogen-bond acceptors (Lipinski definition) is 5. The number of nitrogens with one attached hydrogen (secondary N) is 2. The summed E-state index contributed by atoms with van der Waals surface area (Å²) in [6.07, 6.45) is 0. The van der Waals surface area contributed by atoms with Gasteiger partial charge in [-0.25, -0.2) is 0 Å². The molecule has 1 rings (SSSR count). The highest BCUT2D eigenvalue weighted by Crippen LogP contribution is 2.25. The van der Waals surface area contributed by atoms with Crippen LogP contribution in [0.4, 0.5) is 8.78 Å². The molecule has 0 atom stereocenters. The third-order valence-electron chi connectivity index (χ3n) is 2.59. The second kappa shape index (κ2) is 8.78. The number of carbonyl (C=O) groups excluding carboxylic acids is 2. The molecule has 7 nitrogen and oxygen atoms in total. The zero-order chi connectivity index (χ0) is 16.5. The lowest BCUT2D eigenvalue weighted by Gasteiger charge is -2.13. The fourth-order valence-corrected chi connectivity index (χ4v) is 1.54. The Balaban J connectivity index is 2.66. The standard InChI is InChI=1S/C13H17F2N3O4/c1-21-9-2-3-10(22-13(14)15)8(4-9)6-17-12(20)7-18-11(19)5-16/h2-4,13H,5-7,16H2,1H3,(H,17,20)(H,18,19). The molecule has 0 spiro atoms. The number of carbonyl (C=O) groups is 2. The van der Waals surface area contributed by atoms with E-state index in [1.54, 1.807) is 0 Å². The first-order valence-electron chi connectivity index (χ1n) is 6.31. The van der Waals surface area contributed by atoms with Gasteiger partial charge in [0.1, 0.15) is 11.5 Å². The Hall–Kier alpha value is -2.42. The molecule has 9 heteroatoms. The highest BCUT2D eigenvalue weighted by Gasteiger charge is 2.12. The van der Waals surface area contributed by atoms with Crippen molar-refractivity contribution in [1.29, 1.82) is 0 Å². The normalized spacial score (nSPS) is 10.2. The molecule has 0 radical (unpaired) electrons. The summed E-state index contributed by atoms with van der Waals surface area (Å²) in [6.45, 7) is -3.52. The van der Waals surface area contributed by atoms with Crippen LogP contribution < -0.4 is 25.8 Å². The van der Waals surface area contributed by atoms with Crippen LogP contribution in [0.3, 0.4) is 0 Å². The highest BCUT2D eigenvalue weighted by atomic mass is 19.3. The number of nitrogens with two attached hydrogens (primary N) is 1. The average Bonchev–Trinajstić information content (AvgIpc) is 2.50. The van der Waals surface area contributed by atoms with Crippen molar-refractivity contribution in [2.75, 3.05) is 20.2 Å². The van der Waals surface area contributed by atoms with E-state index in [0.717, 1.165) is 0 Å². The van der Waals surface area contributed by atoms with Gasteiger partial charge in [-0.05, 0) is 18.2 Å². The van der Waals surface area contributed by atoms with Crippen LogP contribution in [-0.4, -0.2) is 38.6 Å². The Labute approximate surface area is 125 Å². The summed E-state index contributed by atoms with van der Waals surface area (Å²) in [4.78, 5) is 22.5. The first-order valence-corrected chi connectivity index (χ1v) is 6.31. The molecular formula is C13H17F2N3O4. The number of hydrogen-bond donors (Lipinski definition) is 3. The Morgan fingerprint density at radius 2 is 2.00 bits per heavy atom. The summed E-state index contributed by atoms with van der Waals surface area (Å²) in [5, 5.41) is 4.75. The van der Waals surface area contributed by atoms with Gasteiger partial charge in [-0.2, -0.15) is 8.78 Å². The third kappa shape index (κ3) is 5.92. The summed E-state index contributed by atoms with van der Waals surface area (Å²) in [7, 11) is 1.42. The second-order valence-corrected chi connectivity index (χ2v) is 4.11. The van der Waals surface area contributed by atoms with Gasteiger partial charge in [0, 0.05) is 12.1 Å². The van der Waals surface area contributed by atoms with Gasteiger partial charge in [-0.15, -0.1) is 0 Å². The van der Waals surface area contributed by atoms with Crippen molar-refractivity contribution in [2.24, 2.45) is 5.73 Å². The largest absolute Gasteiger partial charge is 0.497 e. The first kappa shape index (κ1) is 17.6. The van der Waals surface area contributed by atoms with Gasteiger partial charge in [0.25, 0.3) is 0 Å². The minimum absolute atomic E-state index is 0.0589. The van der Waals surface area contributed by atoms with Gasteiger partial charge in [-0.1, -0.05) is 0 Å². The SMILES string of the molecule is COc1ccc(OC(F)F)c(CNC(=O)CNC(=O)CN)c1. The maximum Gasteiger partial charge on any atom is 0.387 e. The van der Waals surface area contributed by atoms with Gasteiger partial charge in [-0.3, -0.25) is 9.59 Å². The van der Waals surface area contributed by atoms with Crippen LogP contribution in [0.5, 0.6) is 11.5 Å². The van der Waals surface area contributed by atoms with Gasteiger partial charge in [0.05, 0.1) is 20.2 Å². The minimum Gasteiger partial charge on any atom is -0.497 e. The third-order valence-corrected chi connectivity index (χ3v) is 2.59. The number of halogens is 2. The molecule has 0 aliphatic rings. The lowest BCUT2D eigenvalue weighted by molar-refractivity contribution is -0.125. The van der Waals surface area contributed by atoms with Crippen LogP contribution in [-0.2, 0) is 16.1 Å². The maximum absolute atomic E-state index is 12.3. The van der Waals surface area contributed by atoms with Crippen molar-refractivity contribution in [1.82, 2.24) is 10.6 Å². The summed E-state index contributed by atoms with van der Waals surface area (Å²) >= 11 is 0. The molecule has 0 heterocycles. The summed E-state index contributed by atoms with van der Waals surface area (Å²) in [5.74, 6) is -0.602.